The number of benzene rings is 1. The van der Waals surface area contributed by atoms with Crippen LogP contribution in [0.15, 0.2) is 54.2 Å². The van der Waals surface area contributed by atoms with Crippen LogP contribution in [-0.2, 0) is 0 Å². The second kappa shape index (κ2) is 6.91. The van der Waals surface area contributed by atoms with E-state index in [2.05, 4.69) is 57.6 Å². The number of aromatic amines is 1. The Hall–Kier alpha value is -2.50. The fraction of sp³-hybridized carbons (Fsp3) is 0.273. The highest BCUT2D eigenvalue weighted by Crippen LogP contribution is 2.35. The van der Waals surface area contributed by atoms with E-state index in [4.69, 9.17) is 4.98 Å². The van der Waals surface area contributed by atoms with Crippen molar-refractivity contribution in [2.45, 2.75) is 18.8 Å². The number of hydrogen-bond acceptors (Lipinski definition) is 4. The molecule has 5 heteroatoms. The third kappa shape index (κ3) is 3.17. The standard InChI is InChI=1S/C22H22N4S/c1-26-9-7-16(8-10-26)22-25-20(14-27-22)19-13-24-21-18(19)11-17(12-23-21)15-5-3-2-4-6-15/h2-6,11-14,16H,7-10H2,1H3,(H,23,24). The lowest BCUT2D eigenvalue weighted by Crippen LogP contribution is -2.29. The van der Waals surface area contributed by atoms with Crippen LogP contribution in [0, 0.1) is 0 Å². The van der Waals surface area contributed by atoms with Crippen LogP contribution in [-0.4, -0.2) is 40.0 Å². The molecule has 0 aliphatic carbocycles. The molecule has 4 aromatic rings. The molecule has 0 atom stereocenters. The van der Waals surface area contributed by atoms with E-state index in [1.165, 1.54) is 23.4 Å². The molecule has 136 valence electrons. The molecule has 0 bridgehead atoms. The molecule has 1 fully saturated rings. The summed E-state index contributed by atoms with van der Waals surface area (Å²) in [6.45, 7) is 2.33. The minimum absolute atomic E-state index is 0.600. The topological polar surface area (TPSA) is 44.8 Å². The average Bonchev–Trinajstić information content (AvgIpc) is 3.35. The molecule has 0 amide bonds. The fourth-order valence-corrected chi connectivity index (χ4v) is 4.85. The van der Waals surface area contributed by atoms with Crippen molar-refractivity contribution >= 4 is 22.4 Å². The second-order valence-electron chi connectivity index (χ2n) is 7.34. The number of nitrogens with zero attached hydrogens (tertiary/aromatic N) is 3. The van der Waals surface area contributed by atoms with E-state index < -0.39 is 0 Å². The van der Waals surface area contributed by atoms with E-state index in [9.17, 15) is 0 Å². The smallest absolute Gasteiger partial charge is 0.137 e. The van der Waals surface area contributed by atoms with Crippen molar-refractivity contribution in [3.05, 3.63) is 59.2 Å². The summed E-state index contributed by atoms with van der Waals surface area (Å²) < 4.78 is 0. The quantitative estimate of drug-likeness (QED) is 0.538. The van der Waals surface area contributed by atoms with Crippen LogP contribution in [0.25, 0.3) is 33.4 Å². The Balaban J connectivity index is 1.50. The van der Waals surface area contributed by atoms with Gasteiger partial charge in [0.1, 0.15) is 5.65 Å². The van der Waals surface area contributed by atoms with E-state index >= 15 is 0 Å². The first-order valence-electron chi connectivity index (χ1n) is 9.45. The molecule has 0 unspecified atom stereocenters. The van der Waals surface area contributed by atoms with Crippen LogP contribution < -0.4 is 0 Å². The molecule has 4 heterocycles. The summed E-state index contributed by atoms with van der Waals surface area (Å²) in [6, 6.07) is 12.6. The Labute approximate surface area is 162 Å². The Kier molecular flexibility index (Phi) is 4.26. The van der Waals surface area contributed by atoms with Gasteiger partial charge < -0.3 is 9.88 Å². The van der Waals surface area contributed by atoms with Crippen LogP contribution >= 0.6 is 11.3 Å². The number of piperidine rings is 1. The highest BCUT2D eigenvalue weighted by atomic mass is 32.1. The van der Waals surface area contributed by atoms with Crippen LogP contribution in [0.2, 0.25) is 0 Å². The van der Waals surface area contributed by atoms with Gasteiger partial charge in [0.25, 0.3) is 0 Å². The SMILES string of the molecule is CN1CCC(c2nc(-c3c[nH]c4ncc(-c5ccccc5)cc34)cs2)CC1. The Morgan fingerprint density at radius 2 is 1.93 bits per heavy atom. The Morgan fingerprint density at radius 3 is 2.74 bits per heavy atom. The van der Waals surface area contributed by atoms with Gasteiger partial charge in [-0.1, -0.05) is 30.3 Å². The number of aromatic nitrogens is 3. The molecule has 0 radical (unpaired) electrons. The molecule has 1 aromatic carbocycles. The Morgan fingerprint density at radius 1 is 1.11 bits per heavy atom. The van der Waals surface area contributed by atoms with Gasteiger partial charge in [-0.15, -0.1) is 11.3 Å². The van der Waals surface area contributed by atoms with E-state index in [-0.39, 0.29) is 0 Å². The highest BCUT2D eigenvalue weighted by molar-refractivity contribution is 7.10. The summed E-state index contributed by atoms with van der Waals surface area (Å²) >= 11 is 1.80. The minimum Gasteiger partial charge on any atom is -0.345 e. The fourth-order valence-electron chi connectivity index (χ4n) is 3.86. The largest absolute Gasteiger partial charge is 0.345 e. The molecule has 1 aliphatic rings. The summed E-state index contributed by atoms with van der Waals surface area (Å²) in [5.74, 6) is 0.600. The molecule has 0 saturated carbocycles. The lowest BCUT2D eigenvalue weighted by molar-refractivity contribution is 0.255. The van der Waals surface area contributed by atoms with Crippen molar-refractivity contribution in [3.63, 3.8) is 0 Å². The lowest BCUT2D eigenvalue weighted by atomic mass is 9.98. The third-order valence-electron chi connectivity index (χ3n) is 5.50. The molecule has 3 aromatic heterocycles. The van der Waals surface area contributed by atoms with Crippen LogP contribution in [0.5, 0.6) is 0 Å². The lowest BCUT2D eigenvalue weighted by Gasteiger charge is -2.27. The van der Waals surface area contributed by atoms with Crippen LogP contribution in [0.1, 0.15) is 23.8 Å². The van der Waals surface area contributed by atoms with Crippen LogP contribution in [0.3, 0.4) is 0 Å². The number of likely N-dealkylation sites (tertiary alicyclic amines) is 1. The van der Waals surface area contributed by atoms with E-state index in [1.807, 2.05) is 18.5 Å². The van der Waals surface area contributed by atoms with Crippen molar-refractivity contribution in [1.29, 1.82) is 0 Å². The van der Waals surface area contributed by atoms with Gasteiger partial charge in [-0.25, -0.2) is 9.97 Å². The maximum absolute atomic E-state index is 5.01. The number of thiazole rings is 1. The van der Waals surface area contributed by atoms with Gasteiger partial charge in [-0.05, 0) is 44.6 Å². The molecule has 27 heavy (non-hydrogen) atoms. The molecular formula is C22H22N4S. The van der Waals surface area contributed by atoms with E-state index in [0.717, 1.165) is 40.9 Å². The first kappa shape index (κ1) is 16.7. The van der Waals surface area contributed by atoms with Gasteiger partial charge in [0.15, 0.2) is 0 Å². The molecule has 0 spiro atoms. The molecular weight excluding hydrogens is 352 g/mol. The van der Waals surface area contributed by atoms with Crippen molar-refractivity contribution in [3.8, 4) is 22.4 Å². The Bertz CT molecular complexity index is 1060. The predicted octanol–water partition coefficient (Wildman–Crippen LogP) is 5.16. The van der Waals surface area contributed by atoms with Crippen molar-refractivity contribution in [1.82, 2.24) is 19.9 Å². The number of pyridine rings is 1. The zero-order valence-corrected chi connectivity index (χ0v) is 16.2. The number of fused-ring (bicyclic) bond motifs is 1. The zero-order valence-electron chi connectivity index (χ0n) is 15.4. The van der Waals surface area contributed by atoms with Gasteiger partial charge in [-0.2, -0.15) is 0 Å². The number of H-pyrrole nitrogens is 1. The van der Waals surface area contributed by atoms with Crippen LogP contribution in [0.4, 0.5) is 0 Å². The summed E-state index contributed by atoms with van der Waals surface area (Å²) in [4.78, 5) is 15.3. The van der Waals surface area contributed by atoms with Gasteiger partial charge >= 0.3 is 0 Å². The minimum atomic E-state index is 0.600. The molecule has 4 nitrogen and oxygen atoms in total. The molecule has 1 saturated heterocycles. The maximum atomic E-state index is 5.01. The van der Waals surface area contributed by atoms with Gasteiger partial charge in [0, 0.05) is 40.2 Å². The maximum Gasteiger partial charge on any atom is 0.137 e. The van der Waals surface area contributed by atoms with Crippen molar-refractivity contribution in [2.75, 3.05) is 20.1 Å². The molecule has 1 aliphatic heterocycles. The first-order valence-corrected chi connectivity index (χ1v) is 10.3. The first-order chi connectivity index (χ1) is 13.3. The van der Waals surface area contributed by atoms with E-state index in [0.29, 0.717) is 5.92 Å². The second-order valence-corrected chi connectivity index (χ2v) is 8.23. The monoisotopic (exact) mass is 374 g/mol. The van der Waals surface area contributed by atoms with Gasteiger partial charge in [0.2, 0.25) is 0 Å². The summed E-state index contributed by atoms with van der Waals surface area (Å²) in [7, 11) is 2.20. The zero-order chi connectivity index (χ0) is 18.2. The molecule has 1 N–H and O–H groups in total. The predicted molar refractivity (Wildman–Crippen MR) is 112 cm³/mol. The van der Waals surface area contributed by atoms with Crippen molar-refractivity contribution in [2.24, 2.45) is 0 Å². The highest BCUT2D eigenvalue weighted by Gasteiger charge is 2.22. The van der Waals surface area contributed by atoms with Gasteiger partial charge in [-0.3, -0.25) is 0 Å². The number of rotatable bonds is 3. The summed E-state index contributed by atoms with van der Waals surface area (Å²) in [5, 5.41) is 4.61. The molecule has 5 rings (SSSR count). The summed E-state index contributed by atoms with van der Waals surface area (Å²) in [5.41, 5.74) is 5.44. The normalized spacial score (nSPS) is 16.2. The van der Waals surface area contributed by atoms with Crippen molar-refractivity contribution < 1.29 is 0 Å². The summed E-state index contributed by atoms with van der Waals surface area (Å²) in [6.07, 6.45) is 6.39. The average molecular weight is 375 g/mol. The van der Waals surface area contributed by atoms with E-state index in [1.54, 1.807) is 11.3 Å². The number of hydrogen-bond donors (Lipinski definition) is 1. The van der Waals surface area contributed by atoms with Gasteiger partial charge in [0.05, 0.1) is 10.7 Å². The number of nitrogens with one attached hydrogen (secondary N) is 1. The third-order valence-corrected chi connectivity index (χ3v) is 6.51.